The van der Waals surface area contributed by atoms with Crippen LogP contribution in [0, 0.1) is 10.1 Å². The Bertz CT molecular complexity index is 416. The van der Waals surface area contributed by atoms with Crippen molar-refractivity contribution < 1.29 is 4.92 Å². The van der Waals surface area contributed by atoms with E-state index in [9.17, 15) is 10.1 Å². The van der Waals surface area contributed by atoms with Gasteiger partial charge in [-0.1, -0.05) is 25.1 Å². The number of nitrogens with one attached hydrogen (secondary N) is 1. The van der Waals surface area contributed by atoms with Crippen LogP contribution in [0.25, 0.3) is 0 Å². The molecule has 0 aliphatic carbocycles. The smallest absolute Gasteiger partial charge is 0.273 e. The van der Waals surface area contributed by atoms with Crippen LogP contribution in [-0.4, -0.2) is 35.5 Å². The first-order chi connectivity index (χ1) is 8.72. The summed E-state index contributed by atoms with van der Waals surface area (Å²) >= 11 is 0. The van der Waals surface area contributed by atoms with Crippen molar-refractivity contribution in [1.29, 1.82) is 0 Å². The monoisotopic (exact) mass is 249 g/mol. The average Bonchev–Trinajstić information content (AvgIpc) is 2.90. The van der Waals surface area contributed by atoms with Gasteiger partial charge in [-0.25, -0.2) is 0 Å². The zero-order chi connectivity index (χ0) is 13.0. The average molecular weight is 249 g/mol. The minimum absolute atomic E-state index is 0.224. The van der Waals surface area contributed by atoms with Crippen LogP contribution in [0.5, 0.6) is 0 Å². The second-order valence-electron chi connectivity index (χ2n) is 4.60. The molecule has 0 amide bonds. The van der Waals surface area contributed by atoms with Gasteiger partial charge in [-0.05, 0) is 19.5 Å². The first-order valence-electron chi connectivity index (χ1n) is 6.39. The third kappa shape index (κ3) is 2.86. The quantitative estimate of drug-likeness (QED) is 0.638. The second kappa shape index (κ2) is 5.93. The molecule has 18 heavy (non-hydrogen) atoms. The Morgan fingerprint density at radius 2 is 2.28 bits per heavy atom. The predicted molar refractivity (Wildman–Crippen MR) is 70.5 cm³/mol. The lowest BCUT2D eigenvalue weighted by Gasteiger charge is -2.26. The lowest BCUT2D eigenvalue weighted by molar-refractivity contribution is -0.385. The first kappa shape index (κ1) is 13.0. The van der Waals surface area contributed by atoms with Crippen molar-refractivity contribution in [3.8, 4) is 0 Å². The lowest BCUT2D eigenvalue weighted by Crippen LogP contribution is -2.36. The van der Waals surface area contributed by atoms with Crippen molar-refractivity contribution in [2.24, 2.45) is 0 Å². The summed E-state index contributed by atoms with van der Waals surface area (Å²) in [6.45, 7) is 5.69. The third-order valence-electron chi connectivity index (χ3n) is 3.52. The van der Waals surface area contributed by atoms with E-state index in [1.54, 1.807) is 12.1 Å². The van der Waals surface area contributed by atoms with Crippen LogP contribution < -0.4 is 5.32 Å². The van der Waals surface area contributed by atoms with Crippen molar-refractivity contribution in [2.45, 2.75) is 25.9 Å². The minimum Gasteiger partial charge on any atom is -0.315 e. The predicted octanol–water partition coefficient (Wildman–Crippen LogP) is 1.78. The van der Waals surface area contributed by atoms with Gasteiger partial charge < -0.3 is 5.32 Å². The van der Waals surface area contributed by atoms with E-state index >= 15 is 0 Å². The maximum absolute atomic E-state index is 11.0. The highest BCUT2D eigenvalue weighted by Gasteiger charge is 2.23. The van der Waals surface area contributed by atoms with Crippen LogP contribution in [0.1, 0.15) is 18.9 Å². The summed E-state index contributed by atoms with van der Waals surface area (Å²) in [6, 6.07) is 7.51. The third-order valence-corrected chi connectivity index (χ3v) is 3.52. The zero-order valence-corrected chi connectivity index (χ0v) is 10.6. The largest absolute Gasteiger partial charge is 0.315 e. The molecule has 1 N–H and O–H groups in total. The highest BCUT2D eigenvalue weighted by Crippen LogP contribution is 2.21. The Kier molecular flexibility index (Phi) is 4.28. The Hall–Kier alpha value is -1.46. The number of para-hydroxylation sites is 1. The van der Waals surface area contributed by atoms with E-state index in [0.717, 1.165) is 31.6 Å². The number of benzene rings is 1. The summed E-state index contributed by atoms with van der Waals surface area (Å²) in [5.41, 5.74) is 1.03. The molecular weight excluding hydrogens is 230 g/mol. The van der Waals surface area contributed by atoms with Crippen LogP contribution in [-0.2, 0) is 6.54 Å². The van der Waals surface area contributed by atoms with Gasteiger partial charge in [0.05, 0.1) is 4.92 Å². The fourth-order valence-electron chi connectivity index (χ4n) is 2.49. The van der Waals surface area contributed by atoms with Gasteiger partial charge in [0.15, 0.2) is 0 Å². The second-order valence-corrected chi connectivity index (χ2v) is 4.60. The zero-order valence-electron chi connectivity index (χ0n) is 10.6. The molecule has 0 spiro atoms. The highest BCUT2D eigenvalue weighted by atomic mass is 16.6. The number of hydrogen-bond acceptors (Lipinski definition) is 4. The van der Waals surface area contributed by atoms with Gasteiger partial charge >= 0.3 is 0 Å². The van der Waals surface area contributed by atoms with Crippen molar-refractivity contribution >= 4 is 5.69 Å². The number of likely N-dealkylation sites (N-methyl/N-ethyl adjacent to an activating group) is 1. The van der Waals surface area contributed by atoms with Gasteiger partial charge in [0, 0.05) is 30.8 Å². The summed E-state index contributed by atoms with van der Waals surface area (Å²) in [5.74, 6) is 0. The molecule has 0 aromatic heterocycles. The molecule has 5 nitrogen and oxygen atoms in total. The molecule has 1 aromatic carbocycles. The Morgan fingerprint density at radius 1 is 1.50 bits per heavy atom. The Labute approximate surface area is 107 Å². The van der Waals surface area contributed by atoms with Crippen molar-refractivity contribution in [3.63, 3.8) is 0 Å². The number of hydrogen-bond donors (Lipinski definition) is 1. The van der Waals surface area contributed by atoms with E-state index in [1.165, 1.54) is 0 Å². The molecule has 5 heteroatoms. The number of rotatable bonds is 5. The molecule has 1 aliphatic heterocycles. The van der Waals surface area contributed by atoms with E-state index in [1.807, 2.05) is 12.1 Å². The van der Waals surface area contributed by atoms with Crippen molar-refractivity contribution in [3.05, 3.63) is 39.9 Å². The van der Waals surface area contributed by atoms with E-state index in [-0.39, 0.29) is 10.6 Å². The van der Waals surface area contributed by atoms with Gasteiger partial charge in [-0.2, -0.15) is 0 Å². The van der Waals surface area contributed by atoms with E-state index in [0.29, 0.717) is 12.6 Å². The van der Waals surface area contributed by atoms with Crippen molar-refractivity contribution in [1.82, 2.24) is 10.2 Å². The van der Waals surface area contributed by atoms with Crippen LogP contribution in [0.2, 0.25) is 0 Å². The number of nitrogens with zero attached hydrogens (tertiary/aromatic N) is 2. The van der Waals surface area contributed by atoms with Crippen LogP contribution in [0.4, 0.5) is 5.69 Å². The molecule has 1 atom stereocenters. The molecule has 0 bridgehead atoms. The first-order valence-corrected chi connectivity index (χ1v) is 6.39. The normalized spacial score (nSPS) is 19.3. The summed E-state index contributed by atoms with van der Waals surface area (Å²) < 4.78 is 0. The van der Waals surface area contributed by atoms with Gasteiger partial charge in [-0.15, -0.1) is 0 Å². The molecule has 2 rings (SSSR count). The van der Waals surface area contributed by atoms with E-state index in [2.05, 4.69) is 17.1 Å². The van der Waals surface area contributed by atoms with Crippen LogP contribution in [0.3, 0.4) is 0 Å². The summed E-state index contributed by atoms with van der Waals surface area (Å²) in [5, 5.41) is 14.3. The van der Waals surface area contributed by atoms with Gasteiger partial charge in [0.25, 0.3) is 5.69 Å². The lowest BCUT2D eigenvalue weighted by atomic mass is 10.1. The molecule has 1 heterocycles. The number of nitro groups is 1. The SMILES string of the molecule is CCN(Cc1ccccc1[N+](=O)[O-])C1CCNC1. The van der Waals surface area contributed by atoms with Crippen molar-refractivity contribution in [2.75, 3.05) is 19.6 Å². The molecule has 1 fully saturated rings. The maximum atomic E-state index is 11.0. The van der Waals surface area contributed by atoms with Gasteiger partial charge in [0.1, 0.15) is 0 Å². The molecule has 1 unspecified atom stereocenters. The van der Waals surface area contributed by atoms with Gasteiger partial charge in [-0.3, -0.25) is 15.0 Å². The standard InChI is InChI=1S/C13H19N3O2/c1-2-15(12-7-8-14-9-12)10-11-5-3-4-6-13(11)16(17)18/h3-6,12,14H,2,7-10H2,1H3. The topological polar surface area (TPSA) is 58.4 Å². The van der Waals surface area contributed by atoms with E-state index in [4.69, 9.17) is 0 Å². The minimum atomic E-state index is -0.296. The molecule has 98 valence electrons. The van der Waals surface area contributed by atoms with Gasteiger partial charge in [0.2, 0.25) is 0 Å². The highest BCUT2D eigenvalue weighted by molar-refractivity contribution is 5.39. The van der Waals surface area contributed by atoms with E-state index < -0.39 is 0 Å². The Balaban J connectivity index is 2.13. The molecule has 0 radical (unpaired) electrons. The van der Waals surface area contributed by atoms with Crippen LogP contribution >= 0.6 is 0 Å². The molecule has 1 aliphatic rings. The maximum Gasteiger partial charge on any atom is 0.273 e. The Morgan fingerprint density at radius 3 is 2.89 bits per heavy atom. The van der Waals surface area contributed by atoms with Crippen LogP contribution in [0.15, 0.2) is 24.3 Å². The molecular formula is C13H19N3O2. The summed E-state index contributed by atoms with van der Waals surface area (Å²) in [6.07, 6.45) is 1.12. The fourth-order valence-corrected chi connectivity index (χ4v) is 2.49. The number of nitro benzene ring substituents is 1. The molecule has 0 saturated carbocycles. The fraction of sp³-hybridized carbons (Fsp3) is 0.538. The molecule has 1 aromatic rings. The molecule has 1 saturated heterocycles. The summed E-state index contributed by atoms with van der Waals surface area (Å²) in [7, 11) is 0. The summed E-state index contributed by atoms with van der Waals surface area (Å²) in [4.78, 5) is 13.0.